The van der Waals surface area contributed by atoms with Crippen LogP contribution in [0.15, 0.2) is 72.8 Å². The largest absolute Gasteiger partial charge is 0.0620 e. The summed E-state index contributed by atoms with van der Waals surface area (Å²) in [4.78, 5) is 0. The zero-order valence-electron chi connectivity index (χ0n) is 15.8. The molecule has 0 N–H and O–H groups in total. The zero-order chi connectivity index (χ0) is 17.9. The molecule has 0 fully saturated rings. The molecule has 0 heterocycles. The van der Waals surface area contributed by atoms with Gasteiger partial charge in [0.15, 0.2) is 0 Å². The molecule has 0 aliphatic heterocycles. The molecule has 0 heteroatoms. The molecule has 1 aliphatic carbocycles. The fourth-order valence-corrected chi connectivity index (χ4v) is 4.01. The number of rotatable bonds is 0. The van der Waals surface area contributed by atoms with Crippen LogP contribution in [0.1, 0.15) is 35.1 Å². The van der Waals surface area contributed by atoms with Gasteiger partial charge in [-0.3, -0.25) is 0 Å². The van der Waals surface area contributed by atoms with E-state index in [-0.39, 0.29) is 0 Å². The van der Waals surface area contributed by atoms with Crippen molar-refractivity contribution >= 4 is 21.5 Å². The molecule has 0 spiro atoms. The lowest BCUT2D eigenvalue weighted by molar-refractivity contribution is 0.690. The third-order valence-electron chi connectivity index (χ3n) is 5.68. The van der Waals surface area contributed by atoms with Gasteiger partial charge >= 0.3 is 0 Å². The standard InChI is InChI=1S/C18H16.C8H10/c1-3-7-15-13(5-1)9-11-18-16-8-4-2-6-14(16)10-12-17(15)18;1-7-5-3-4-6-8(7)2/h1,3,5,7,9-12H,2,4,6,8H2;3-6H,1-2H3. The second-order valence-electron chi connectivity index (χ2n) is 7.38. The summed E-state index contributed by atoms with van der Waals surface area (Å²) in [6, 6.07) is 26.3. The van der Waals surface area contributed by atoms with Crippen molar-refractivity contribution in [2.24, 2.45) is 0 Å². The van der Waals surface area contributed by atoms with E-state index < -0.39 is 0 Å². The highest BCUT2D eigenvalue weighted by molar-refractivity contribution is 6.08. The van der Waals surface area contributed by atoms with Gasteiger partial charge in [0, 0.05) is 0 Å². The fraction of sp³-hybridized carbons (Fsp3) is 0.231. The topological polar surface area (TPSA) is 0 Å². The first-order chi connectivity index (χ1) is 12.7. The van der Waals surface area contributed by atoms with Gasteiger partial charge in [-0.1, -0.05) is 72.8 Å². The van der Waals surface area contributed by atoms with Crippen molar-refractivity contribution in [2.45, 2.75) is 39.5 Å². The molecule has 1 aliphatic rings. The molecule has 0 bridgehead atoms. The third-order valence-corrected chi connectivity index (χ3v) is 5.68. The van der Waals surface area contributed by atoms with Crippen LogP contribution in [-0.4, -0.2) is 0 Å². The number of fused-ring (bicyclic) bond motifs is 5. The van der Waals surface area contributed by atoms with Crippen LogP contribution in [0.5, 0.6) is 0 Å². The average Bonchev–Trinajstić information content (AvgIpc) is 2.70. The Balaban J connectivity index is 0.000000178. The van der Waals surface area contributed by atoms with E-state index in [4.69, 9.17) is 0 Å². The maximum absolute atomic E-state index is 2.35. The smallest absolute Gasteiger partial charge is 0.0102 e. The molecule has 0 aromatic heterocycles. The Morgan fingerprint density at radius 1 is 0.538 bits per heavy atom. The molecule has 4 aromatic rings. The molecule has 0 nitrogen and oxygen atoms in total. The van der Waals surface area contributed by atoms with E-state index in [1.807, 2.05) is 0 Å². The Kier molecular flexibility index (Phi) is 4.75. The van der Waals surface area contributed by atoms with Crippen molar-refractivity contribution in [1.29, 1.82) is 0 Å². The Hall–Kier alpha value is -2.60. The summed E-state index contributed by atoms with van der Waals surface area (Å²) in [5.74, 6) is 0. The molecular weight excluding hydrogens is 312 g/mol. The summed E-state index contributed by atoms with van der Waals surface area (Å²) < 4.78 is 0. The highest BCUT2D eigenvalue weighted by atomic mass is 14.2. The number of benzene rings is 4. The zero-order valence-corrected chi connectivity index (χ0v) is 15.8. The van der Waals surface area contributed by atoms with Crippen LogP contribution in [0.2, 0.25) is 0 Å². The van der Waals surface area contributed by atoms with Crippen LogP contribution in [0.25, 0.3) is 21.5 Å². The maximum Gasteiger partial charge on any atom is -0.0102 e. The molecule has 0 atom stereocenters. The lowest BCUT2D eigenvalue weighted by atomic mass is 9.86. The minimum atomic E-state index is 1.25. The number of aryl methyl sites for hydroxylation is 4. The summed E-state index contributed by atoms with van der Waals surface area (Å²) in [5.41, 5.74) is 5.91. The minimum Gasteiger partial charge on any atom is -0.0620 e. The third kappa shape index (κ3) is 3.24. The molecule has 4 aromatic carbocycles. The van der Waals surface area contributed by atoms with Gasteiger partial charge in [-0.2, -0.15) is 0 Å². The van der Waals surface area contributed by atoms with Crippen LogP contribution in [0, 0.1) is 13.8 Å². The normalized spacial score (nSPS) is 13.2. The Bertz CT molecular complexity index is 1030. The van der Waals surface area contributed by atoms with Gasteiger partial charge in [0.2, 0.25) is 0 Å². The van der Waals surface area contributed by atoms with E-state index in [1.54, 1.807) is 11.1 Å². The van der Waals surface area contributed by atoms with Gasteiger partial charge in [0.1, 0.15) is 0 Å². The first-order valence-corrected chi connectivity index (χ1v) is 9.68. The maximum atomic E-state index is 2.35. The number of hydrogen-bond acceptors (Lipinski definition) is 0. The first kappa shape index (κ1) is 16.8. The van der Waals surface area contributed by atoms with Gasteiger partial charge in [0.05, 0.1) is 0 Å². The van der Waals surface area contributed by atoms with E-state index in [2.05, 4.69) is 86.6 Å². The highest BCUT2D eigenvalue weighted by Crippen LogP contribution is 2.33. The number of hydrogen-bond donors (Lipinski definition) is 0. The summed E-state index contributed by atoms with van der Waals surface area (Å²) in [6.45, 7) is 4.24. The predicted octanol–water partition coefficient (Wildman–Crippen LogP) is 7.18. The van der Waals surface area contributed by atoms with Crippen molar-refractivity contribution < 1.29 is 0 Å². The second-order valence-corrected chi connectivity index (χ2v) is 7.38. The van der Waals surface area contributed by atoms with Crippen LogP contribution < -0.4 is 0 Å². The van der Waals surface area contributed by atoms with E-state index >= 15 is 0 Å². The fourth-order valence-electron chi connectivity index (χ4n) is 4.01. The summed E-state index contributed by atoms with van der Waals surface area (Å²) >= 11 is 0. The molecule has 0 radical (unpaired) electrons. The molecule has 0 unspecified atom stereocenters. The minimum absolute atomic E-state index is 1.25. The van der Waals surface area contributed by atoms with Gasteiger partial charge in [-0.05, 0) is 83.3 Å². The highest BCUT2D eigenvalue weighted by Gasteiger charge is 2.13. The summed E-state index contributed by atoms with van der Waals surface area (Å²) in [5, 5.41) is 5.64. The van der Waals surface area contributed by atoms with Crippen LogP contribution >= 0.6 is 0 Å². The van der Waals surface area contributed by atoms with Gasteiger partial charge < -0.3 is 0 Å². The molecule has 0 amide bonds. The Morgan fingerprint density at radius 3 is 1.96 bits per heavy atom. The van der Waals surface area contributed by atoms with Crippen LogP contribution in [0.3, 0.4) is 0 Å². The van der Waals surface area contributed by atoms with Crippen molar-refractivity contribution in [2.75, 3.05) is 0 Å². The first-order valence-electron chi connectivity index (χ1n) is 9.68. The molecule has 5 rings (SSSR count). The summed E-state index contributed by atoms with van der Waals surface area (Å²) in [7, 11) is 0. The van der Waals surface area contributed by atoms with E-state index in [9.17, 15) is 0 Å². The predicted molar refractivity (Wildman–Crippen MR) is 114 cm³/mol. The molecule has 0 saturated carbocycles. The van der Waals surface area contributed by atoms with E-state index in [1.165, 1.54) is 58.4 Å². The van der Waals surface area contributed by atoms with Crippen molar-refractivity contribution in [3.8, 4) is 0 Å². The van der Waals surface area contributed by atoms with Gasteiger partial charge in [-0.15, -0.1) is 0 Å². The SMILES string of the molecule is Cc1ccccc1C.c1ccc2c(c1)ccc1c3c(ccc12)CCCC3. The van der Waals surface area contributed by atoms with Crippen molar-refractivity contribution in [1.82, 2.24) is 0 Å². The molecule has 0 saturated heterocycles. The lowest BCUT2D eigenvalue weighted by Crippen LogP contribution is -2.02. The van der Waals surface area contributed by atoms with Crippen molar-refractivity contribution in [3.05, 3.63) is 95.1 Å². The Labute approximate surface area is 156 Å². The molecule has 130 valence electrons. The quantitative estimate of drug-likeness (QED) is 0.298. The van der Waals surface area contributed by atoms with E-state index in [0.29, 0.717) is 0 Å². The molecule has 26 heavy (non-hydrogen) atoms. The Morgan fingerprint density at radius 2 is 1.19 bits per heavy atom. The molecular formula is C26H26. The van der Waals surface area contributed by atoms with Crippen molar-refractivity contribution in [3.63, 3.8) is 0 Å². The van der Waals surface area contributed by atoms with Crippen LogP contribution in [-0.2, 0) is 12.8 Å². The van der Waals surface area contributed by atoms with E-state index in [0.717, 1.165) is 0 Å². The lowest BCUT2D eigenvalue weighted by Gasteiger charge is -2.18. The monoisotopic (exact) mass is 338 g/mol. The summed E-state index contributed by atoms with van der Waals surface area (Å²) in [6.07, 6.45) is 5.22. The second kappa shape index (κ2) is 7.33. The van der Waals surface area contributed by atoms with Gasteiger partial charge in [-0.25, -0.2) is 0 Å². The van der Waals surface area contributed by atoms with Crippen LogP contribution in [0.4, 0.5) is 0 Å². The van der Waals surface area contributed by atoms with Gasteiger partial charge in [0.25, 0.3) is 0 Å². The average molecular weight is 338 g/mol.